The molecular weight excluding hydrogens is 271 g/mol. The molecule has 0 radical (unpaired) electrons. The van der Waals surface area contributed by atoms with Crippen LogP contribution in [0.2, 0.25) is 0 Å². The lowest BCUT2D eigenvalue weighted by Crippen LogP contribution is -1.86. The van der Waals surface area contributed by atoms with E-state index in [0.717, 1.165) is 22.7 Å². The topological polar surface area (TPSA) is 104 Å². The van der Waals surface area contributed by atoms with Crippen LogP contribution < -0.4 is 22.9 Å². The highest BCUT2D eigenvalue weighted by molar-refractivity contribution is 5.85. The monoisotopic (exact) mass is 288 g/mol. The maximum Gasteiger partial charge on any atom is 0.0315 e. The van der Waals surface area contributed by atoms with Crippen molar-refractivity contribution in [3.8, 4) is 0 Å². The molecule has 0 unspecified atom stereocenters. The summed E-state index contributed by atoms with van der Waals surface area (Å²) in [5.41, 5.74) is 24.5. The molecular formula is C12H18Cl2N4. The van der Waals surface area contributed by atoms with Crippen molar-refractivity contribution in [1.29, 1.82) is 0 Å². The van der Waals surface area contributed by atoms with Crippen molar-refractivity contribution in [2.24, 2.45) is 0 Å². The first kappa shape index (κ1) is 18.6. The Bertz CT molecular complexity index is 343. The van der Waals surface area contributed by atoms with Crippen molar-refractivity contribution < 1.29 is 0 Å². The molecule has 6 heteroatoms. The molecule has 0 spiro atoms. The van der Waals surface area contributed by atoms with Crippen LogP contribution >= 0.6 is 24.8 Å². The van der Waals surface area contributed by atoms with Crippen molar-refractivity contribution in [2.75, 3.05) is 22.9 Å². The van der Waals surface area contributed by atoms with Crippen LogP contribution in [-0.2, 0) is 0 Å². The first-order chi connectivity index (χ1) is 7.58. The summed E-state index contributed by atoms with van der Waals surface area (Å²) in [6.07, 6.45) is 0. The quantitative estimate of drug-likeness (QED) is 0.559. The molecule has 18 heavy (non-hydrogen) atoms. The van der Waals surface area contributed by atoms with Gasteiger partial charge in [-0.25, -0.2) is 0 Å². The van der Waals surface area contributed by atoms with Crippen LogP contribution in [0, 0.1) is 0 Å². The van der Waals surface area contributed by atoms with Crippen molar-refractivity contribution in [3.05, 3.63) is 48.5 Å². The van der Waals surface area contributed by atoms with E-state index in [4.69, 9.17) is 22.9 Å². The first-order valence-corrected chi connectivity index (χ1v) is 4.80. The van der Waals surface area contributed by atoms with Crippen LogP contribution in [0.4, 0.5) is 22.7 Å². The third-order valence-electron chi connectivity index (χ3n) is 1.87. The van der Waals surface area contributed by atoms with Gasteiger partial charge in [0.05, 0.1) is 0 Å². The second-order valence-electron chi connectivity index (χ2n) is 3.33. The molecule has 0 aliphatic carbocycles. The van der Waals surface area contributed by atoms with Gasteiger partial charge in [0, 0.05) is 22.7 Å². The predicted molar refractivity (Wildman–Crippen MR) is 85.0 cm³/mol. The Hall–Kier alpha value is -1.78. The molecule has 0 aromatic heterocycles. The number of anilines is 4. The van der Waals surface area contributed by atoms with Gasteiger partial charge in [-0.3, -0.25) is 0 Å². The normalized spacial score (nSPS) is 8.00. The lowest BCUT2D eigenvalue weighted by molar-refractivity contribution is 1.67. The molecule has 0 saturated heterocycles. The van der Waals surface area contributed by atoms with Gasteiger partial charge in [-0.15, -0.1) is 24.8 Å². The fourth-order valence-electron chi connectivity index (χ4n) is 0.992. The number of rotatable bonds is 0. The smallest absolute Gasteiger partial charge is 0.0315 e. The second-order valence-corrected chi connectivity index (χ2v) is 3.33. The van der Waals surface area contributed by atoms with Gasteiger partial charge < -0.3 is 22.9 Å². The molecule has 4 nitrogen and oxygen atoms in total. The summed E-state index contributed by atoms with van der Waals surface area (Å²) in [6.45, 7) is 0. The van der Waals surface area contributed by atoms with Crippen LogP contribution in [0.5, 0.6) is 0 Å². The molecule has 2 rings (SSSR count). The molecule has 0 fully saturated rings. The van der Waals surface area contributed by atoms with Crippen molar-refractivity contribution in [3.63, 3.8) is 0 Å². The SMILES string of the molecule is Cl.Cl.Nc1ccc(N)cc1.Nc1ccc(N)cc1. The standard InChI is InChI=1S/2C6H8N2.2ClH/c2*7-5-1-2-6(8)4-3-5;;/h2*1-4H,7-8H2;2*1H. The first-order valence-electron chi connectivity index (χ1n) is 4.80. The Morgan fingerprint density at radius 3 is 0.611 bits per heavy atom. The lowest BCUT2D eigenvalue weighted by Gasteiger charge is -1.90. The molecule has 0 aliphatic heterocycles. The molecule has 0 bridgehead atoms. The van der Waals surface area contributed by atoms with E-state index in [1.165, 1.54) is 0 Å². The van der Waals surface area contributed by atoms with Gasteiger partial charge in [-0.1, -0.05) is 0 Å². The van der Waals surface area contributed by atoms with Crippen molar-refractivity contribution in [2.45, 2.75) is 0 Å². The maximum absolute atomic E-state index is 5.37. The zero-order chi connectivity index (χ0) is 12.0. The summed E-state index contributed by atoms with van der Waals surface area (Å²) in [5.74, 6) is 0. The molecule has 8 N–H and O–H groups in total. The fraction of sp³-hybridized carbons (Fsp3) is 0. The zero-order valence-electron chi connectivity index (χ0n) is 9.74. The van der Waals surface area contributed by atoms with Crippen LogP contribution in [-0.4, -0.2) is 0 Å². The van der Waals surface area contributed by atoms with E-state index in [1.807, 2.05) is 0 Å². The van der Waals surface area contributed by atoms with Crippen LogP contribution in [0.25, 0.3) is 0 Å². The van der Waals surface area contributed by atoms with E-state index < -0.39 is 0 Å². The molecule has 0 aliphatic rings. The van der Waals surface area contributed by atoms with Crippen molar-refractivity contribution in [1.82, 2.24) is 0 Å². The summed E-state index contributed by atoms with van der Waals surface area (Å²) in [5, 5.41) is 0. The summed E-state index contributed by atoms with van der Waals surface area (Å²) in [7, 11) is 0. The molecule has 0 amide bonds. The highest BCUT2D eigenvalue weighted by Crippen LogP contribution is 2.05. The average molecular weight is 289 g/mol. The maximum atomic E-state index is 5.37. The second kappa shape index (κ2) is 9.27. The van der Waals surface area contributed by atoms with Crippen LogP contribution in [0.15, 0.2) is 48.5 Å². The number of nitrogen functional groups attached to an aromatic ring is 4. The largest absolute Gasteiger partial charge is 0.399 e. The Balaban J connectivity index is 0. The summed E-state index contributed by atoms with van der Waals surface area (Å²) >= 11 is 0. The minimum Gasteiger partial charge on any atom is -0.399 e. The van der Waals surface area contributed by atoms with Gasteiger partial charge in [-0.2, -0.15) is 0 Å². The highest BCUT2D eigenvalue weighted by atomic mass is 35.5. The van der Waals surface area contributed by atoms with E-state index >= 15 is 0 Å². The van der Waals surface area contributed by atoms with E-state index in [2.05, 4.69) is 0 Å². The third kappa shape index (κ3) is 7.49. The molecule has 2 aromatic carbocycles. The van der Waals surface area contributed by atoms with E-state index in [1.54, 1.807) is 48.5 Å². The molecule has 0 atom stereocenters. The molecule has 0 saturated carbocycles. The number of hydrogen-bond acceptors (Lipinski definition) is 4. The van der Waals surface area contributed by atoms with Gasteiger partial charge in [0.15, 0.2) is 0 Å². The van der Waals surface area contributed by atoms with E-state index in [9.17, 15) is 0 Å². The van der Waals surface area contributed by atoms with Crippen LogP contribution in [0.1, 0.15) is 0 Å². The summed E-state index contributed by atoms with van der Waals surface area (Å²) in [6, 6.07) is 14.2. The molecule has 2 aromatic rings. The van der Waals surface area contributed by atoms with E-state index in [0.29, 0.717) is 0 Å². The minimum absolute atomic E-state index is 0. The lowest BCUT2D eigenvalue weighted by atomic mass is 10.3. The van der Waals surface area contributed by atoms with Crippen LogP contribution in [0.3, 0.4) is 0 Å². The Morgan fingerprint density at radius 2 is 0.500 bits per heavy atom. The Labute approximate surface area is 119 Å². The van der Waals surface area contributed by atoms with Gasteiger partial charge in [0.25, 0.3) is 0 Å². The minimum atomic E-state index is 0. The molecule has 0 heterocycles. The van der Waals surface area contributed by atoms with Gasteiger partial charge in [-0.05, 0) is 48.5 Å². The number of benzene rings is 2. The number of nitrogens with two attached hydrogens (primary N) is 4. The Kier molecular flexibility index (Phi) is 9.57. The average Bonchev–Trinajstić information content (AvgIpc) is 2.28. The van der Waals surface area contributed by atoms with Gasteiger partial charge in [0.2, 0.25) is 0 Å². The summed E-state index contributed by atoms with van der Waals surface area (Å²) < 4.78 is 0. The van der Waals surface area contributed by atoms with E-state index in [-0.39, 0.29) is 24.8 Å². The van der Waals surface area contributed by atoms with Gasteiger partial charge >= 0.3 is 0 Å². The summed E-state index contributed by atoms with van der Waals surface area (Å²) in [4.78, 5) is 0. The Morgan fingerprint density at radius 1 is 0.389 bits per heavy atom. The van der Waals surface area contributed by atoms with Crippen molar-refractivity contribution >= 4 is 47.6 Å². The fourth-order valence-corrected chi connectivity index (χ4v) is 0.992. The van der Waals surface area contributed by atoms with Gasteiger partial charge in [0.1, 0.15) is 0 Å². The third-order valence-corrected chi connectivity index (χ3v) is 1.87. The highest BCUT2D eigenvalue weighted by Gasteiger charge is 1.81. The predicted octanol–water partition coefficient (Wildman–Crippen LogP) is 2.55. The molecule has 100 valence electrons. The number of halogens is 2. The zero-order valence-corrected chi connectivity index (χ0v) is 11.4. The number of hydrogen-bond donors (Lipinski definition) is 4.